The highest BCUT2D eigenvalue weighted by atomic mass is 16.5. The Hall–Kier alpha value is -3.09. The van der Waals surface area contributed by atoms with E-state index in [-0.39, 0.29) is 0 Å². The van der Waals surface area contributed by atoms with Crippen molar-refractivity contribution < 1.29 is 18.9 Å². The lowest BCUT2D eigenvalue weighted by Crippen LogP contribution is -2.22. The lowest BCUT2D eigenvalue weighted by Gasteiger charge is -2.11. The summed E-state index contributed by atoms with van der Waals surface area (Å²) in [6, 6.07) is 11.3. The highest BCUT2D eigenvalue weighted by Gasteiger charge is 2.11. The fourth-order valence-electron chi connectivity index (χ4n) is 2.58. The zero-order valence-corrected chi connectivity index (χ0v) is 15.0. The second kappa shape index (κ2) is 8.33. The first kappa shape index (κ1) is 17.7. The monoisotopic (exact) mass is 357 g/mol. The summed E-state index contributed by atoms with van der Waals surface area (Å²) < 4.78 is 21.8. The molecule has 0 aromatic heterocycles. The van der Waals surface area contributed by atoms with Crippen LogP contribution in [0, 0.1) is 0 Å². The third-order valence-corrected chi connectivity index (χ3v) is 3.90. The quantitative estimate of drug-likeness (QED) is 0.632. The fourth-order valence-corrected chi connectivity index (χ4v) is 2.58. The van der Waals surface area contributed by atoms with Gasteiger partial charge in [0.15, 0.2) is 29.0 Å². The summed E-state index contributed by atoms with van der Waals surface area (Å²) >= 11 is 0. The van der Waals surface area contributed by atoms with Crippen LogP contribution in [0.1, 0.15) is 12.0 Å². The van der Waals surface area contributed by atoms with Gasteiger partial charge in [0.05, 0.1) is 34.0 Å². The van der Waals surface area contributed by atoms with Crippen molar-refractivity contribution in [3.05, 3.63) is 42.0 Å². The van der Waals surface area contributed by atoms with Gasteiger partial charge in [0.1, 0.15) is 0 Å². The number of guanidine groups is 1. The smallest absolute Gasteiger partial charge is 0.193 e. The Morgan fingerprint density at radius 2 is 1.81 bits per heavy atom. The summed E-state index contributed by atoms with van der Waals surface area (Å²) in [6.07, 6.45) is 0.867. The molecular formula is C19H23N3O4. The number of hydrogen-bond donors (Lipinski definition) is 2. The first-order valence-corrected chi connectivity index (χ1v) is 8.37. The molecule has 0 fully saturated rings. The Labute approximate surface area is 152 Å². The molecule has 0 amide bonds. The molecule has 1 aliphatic rings. The Kier molecular flexibility index (Phi) is 5.68. The average Bonchev–Trinajstić information content (AvgIpc) is 2.91. The number of nitrogens with one attached hydrogen (secondary N) is 1. The van der Waals surface area contributed by atoms with Gasteiger partial charge >= 0.3 is 0 Å². The number of benzene rings is 2. The number of methoxy groups -OCH3 is 2. The topological polar surface area (TPSA) is 87.3 Å². The Bertz CT molecular complexity index is 792. The molecule has 26 heavy (non-hydrogen) atoms. The van der Waals surface area contributed by atoms with E-state index in [1.54, 1.807) is 14.2 Å². The maximum absolute atomic E-state index is 6.00. The van der Waals surface area contributed by atoms with Crippen LogP contribution < -0.4 is 30.0 Å². The third kappa shape index (κ3) is 4.30. The largest absolute Gasteiger partial charge is 0.493 e. The van der Waals surface area contributed by atoms with Crippen molar-refractivity contribution in [2.24, 2.45) is 10.7 Å². The van der Waals surface area contributed by atoms with Gasteiger partial charge in [-0.1, -0.05) is 6.07 Å². The minimum atomic E-state index is 0.314. The van der Waals surface area contributed by atoms with Crippen LogP contribution in [0.25, 0.3) is 0 Å². The van der Waals surface area contributed by atoms with Gasteiger partial charge in [-0.25, -0.2) is 4.99 Å². The normalized spacial score (nSPS) is 13.7. The summed E-state index contributed by atoms with van der Waals surface area (Å²) in [5.74, 6) is 3.11. The molecule has 0 saturated carbocycles. The summed E-state index contributed by atoms with van der Waals surface area (Å²) in [6.45, 7) is 1.72. The van der Waals surface area contributed by atoms with E-state index in [1.165, 1.54) is 0 Å². The molecule has 1 heterocycles. The van der Waals surface area contributed by atoms with Crippen molar-refractivity contribution in [3.63, 3.8) is 0 Å². The minimum absolute atomic E-state index is 0.314. The molecule has 1 aliphatic heterocycles. The van der Waals surface area contributed by atoms with E-state index in [0.717, 1.165) is 23.4 Å². The molecule has 3 N–H and O–H groups in total. The molecule has 0 atom stereocenters. The molecule has 0 bridgehead atoms. The number of nitrogens with two attached hydrogens (primary N) is 1. The van der Waals surface area contributed by atoms with Crippen LogP contribution in [0.5, 0.6) is 23.0 Å². The minimum Gasteiger partial charge on any atom is -0.493 e. The molecule has 138 valence electrons. The average molecular weight is 357 g/mol. The number of ether oxygens (including phenoxy) is 4. The van der Waals surface area contributed by atoms with E-state index < -0.39 is 0 Å². The van der Waals surface area contributed by atoms with Crippen LogP contribution >= 0.6 is 0 Å². The second-order valence-electron chi connectivity index (χ2n) is 5.73. The van der Waals surface area contributed by atoms with Gasteiger partial charge < -0.3 is 30.0 Å². The van der Waals surface area contributed by atoms with Crippen molar-refractivity contribution in [1.29, 1.82) is 0 Å². The standard InChI is InChI=1S/C19H23N3O4/c1-23-15-6-4-13(10-17(15)24-2)12-21-19(20)22-14-5-7-16-18(11-14)26-9-3-8-25-16/h4-7,10-11H,3,8-9,12H2,1-2H3,(H3,20,21,22). The van der Waals surface area contributed by atoms with E-state index >= 15 is 0 Å². The lowest BCUT2D eigenvalue weighted by molar-refractivity contribution is 0.297. The van der Waals surface area contributed by atoms with Crippen LogP contribution in [-0.2, 0) is 6.54 Å². The number of fused-ring (bicyclic) bond motifs is 1. The summed E-state index contributed by atoms with van der Waals surface area (Å²) in [5.41, 5.74) is 7.76. The molecule has 2 aromatic carbocycles. The predicted molar refractivity (Wildman–Crippen MR) is 101 cm³/mol. The maximum Gasteiger partial charge on any atom is 0.193 e. The molecule has 7 nitrogen and oxygen atoms in total. The molecule has 7 heteroatoms. The van der Waals surface area contributed by atoms with Crippen LogP contribution in [0.3, 0.4) is 0 Å². The SMILES string of the molecule is COc1ccc(CN=C(N)Nc2ccc3c(c2)OCCCO3)cc1OC. The molecule has 0 radical (unpaired) electrons. The van der Waals surface area contributed by atoms with Crippen LogP contribution in [0.2, 0.25) is 0 Å². The van der Waals surface area contributed by atoms with E-state index in [0.29, 0.717) is 43.0 Å². The molecule has 0 saturated heterocycles. The van der Waals surface area contributed by atoms with Gasteiger partial charge in [-0.15, -0.1) is 0 Å². The molecular weight excluding hydrogens is 334 g/mol. The number of hydrogen-bond acceptors (Lipinski definition) is 5. The highest BCUT2D eigenvalue weighted by Crippen LogP contribution is 2.32. The first-order chi connectivity index (χ1) is 12.7. The third-order valence-electron chi connectivity index (χ3n) is 3.90. The van der Waals surface area contributed by atoms with Gasteiger partial charge in [-0.3, -0.25) is 0 Å². The van der Waals surface area contributed by atoms with Crippen molar-refractivity contribution in [3.8, 4) is 23.0 Å². The van der Waals surface area contributed by atoms with Crippen molar-refractivity contribution in [2.45, 2.75) is 13.0 Å². The molecule has 0 aliphatic carbocycles. The molecule has 0 unspecified atom stereocenters. The van der Waals surface area contributed by atoms with Gasteiger partial charge in [-0.2, -0.15) is 0 Å². The number of rotatable bonds is 5. The van der Waals surface area contributed by atoms with E-state index in [2.05, 4.69) is 10.3 Å². The maximum atomic E-state index is 6.00. The van der Waals surface area contributed by atoms with E-state index in [9.17, 15) is 0 Å². The number of aliphatic imine (C=N–C) groups is 1. The first-order valence-electron chi connectivity index (χ1n) is 8.37. The van der Waals surface area contributed by atoms with Gasteiger partial charge in [-0.05, 0) is 29.8 Å². The predicted octanol–water partition coefficient (Wildman–Crippen LogP) is 2.79. The summed E-state index contributed by atoms with van der Waals surface area (Å²) in [4.78, 5) is 4.37. The van der Waals surface area contributed by atoms with E-state index in [1.807, 2.05) is 36.4 Å². The highest BCUT2D eigenvalue weighted by molar-refractivity contribution is 5.92. The molecule has 0 spiro atoms. The summed E-state index contributed by atoms with van der Waals surface area (Å²) in [7, 11) is 3.21. The van der Waals surface area contributed by atoms with Crippen molar-refractivity contribution in [1.82, 2.24) is 0 Å². The Morgan fingerprint density at radius 1 is 1.04 bits per heavy atom. The van der Waals surface area contributed by atoms with Gasteiger partial charge in [0.25, 0.3) is 0 Å². The van der Waals surface area contributed by atoms with Gasteiger partial charge in [0, 0.05) is 18.2 Å². The lowest BCUT2D eigenvalue weighted by atomic mass is 10.2. The summed E-state index contributed by atoms with van der Waals surface area (Å²) in [5, 5.41) is 3.07. The molecule has 2 aromatic rings. The van der Waals surface area contributed by atoms with Crippen molar-refractivity contribution >= 4 is 11.6 Å². The zero-order chi connectivity index (χ0) is 18.4. The molecule has 3 rings (SSSR count). The fraction of sp³-hybridized carbons (Fsp3) is 0.316. The van der Waals surface area contributed by atoms with Crippen LogP contribution in [0.15, 0.2) is 41.4 Å². The Balaban J connectivity index is 1.66. The van der Waals surface area contributed by atoms with Crippen molar-refractivity contribution in [2.75, 3.05) is 32.8 Å². The van der Waals surface area contributed by atoms with Crippen LogP contribution in [0.4, 0.5) is 5.69 Å². The van der Waals surface area contributed by atoms with Gasteiger partial charge in [0.2, 0.25) is 0 Å². The Morgan fingerprint density at radius 3 is 2.58 bits per heavy atom. The van der Waals surface area contributed by atoms with Crippen LogP contribution in [-0.4, -0.2) is 33.4 Å². The zero-order valence-electron chi connectivity index (χ0n) is 15.0. The second-order valence-corrected chi connectivity index (χ2v) is 5.73. The van der Waals surface area contributed by atoms with E-state index in [4.69, 9.17) is 24.7 Å². The number of anilines is 1. The number of nitrogens with zero attached hydrogens (tertiary/aromatic N) is 1.